The van der Waals surface area contributed by atoms with Crippen molar-refractivity contribution in [1.82, 2.24) is 35.7 Å². The number of likely N-dealkylation sites (tertiary alicyclic amines) is 1. The largest absolute Gasteiger partial charge is 0.481 e. The summed E-state index contributed by atoms with van der Waals surface area (Å²) in [6.45, 7) is 3.75. The number of rotatable bonds is 12. The minimum absolute atomic E-state index is 0.0747. The van der Waals surface area contributed by atoms with Crippen LogP contribution in [-0.4, -0.2) is 70.4 Å². The molecule has 0 saturated carbocycles. The molecule has 5 aromatic rings. The standard InChI is InChI=1S/C37H37Cl2N7O3/c1-48-35-24(19-40-16-14-23-17-41-42-18-23)9-11-30(43-35)28-7-3-5-26(33(28)38)27-6-4-8-29(34(27)39)31-12-10-25(36(44-31)49-2)20-46-21-37(22-46)15-13-32(47)45-37/h3-12,17-18,40H,13-16,19-22H2,1-2H3,(H,41,42)(H,45,47). The lowest BCUT2D eigenvalue weighted by atomic mass is 9.88. The van der Waals surface area contributed by atoms with Crippen LogP contribution in [0.25, 0.3) is 33.6 Å². The summed E-state index contributed by atoms with van der Waals surface area (Å²) in [6.07, 6.45) is 6.09. The van der Waals surface area contributed by atoms with Crippen LogP contribution in [0.1, 0.15) is 29.5 Å². The Morgan fingerprint density at radius 3 is 2.04 bits per heavy atom. The van der Waals surface area contributed by atoms with Gasteiger partial charge in [0.2, 0.25) is 17.7 Å². The lowest BCUT2D eigenvalue weighted by Gasteiger charge is -2.48. The van der Waals surface area contributed by atoms with E-state index in [2.05, 4.69) is 25.7 Å². The average molecular weight is 699 g/mol. The van der Waals surface area contributed by atoms with Crippen LogP contribution in [0.15, 0.2) is 73.1 Å². The molecule has 2 fully saturated rings. The first kappa shape index (κ1) is 33.0. The van der Waals surface area contributed by atoms with E-state index in [1.165, 1.54) is 0 Å². The minimum atomic E-state index is -0.0747. The Kier molecular flexibility index (Phi) is 9.55. The fraction of sp³-hybridized carbons (Fsp3) is 0.297. The zero-order valence-electron chi connectivity index (χ0n) is 27.4. The Balaban J connectivity index is 1.09. The van der Waals surface area contributed by atoms with Crippen molar-refractivity contribution in [3.63, 3.8) is 0 Å². The summed E-state index contributed by atoms with van der Waals surface area (Å²) in [6, 6.07) is 19.7. The van der Waals surface area contributed by atoms with Crippen LogP contribution in [0, 0.1) is 0 Å². The summed E-state index contributed by atoms with van der Waals surface area (Å²) in [5, 5.41) is 14.5. The number of aromatic amines is 1. The van der Waals surface area contributed by atoms with Gasteiger partial charge in [0.1, 0.15) is 0 Å². The smallest absolute Gasteiger partial charge is 0.220 e. The van der Waals surface area contributed by atoms with Crippen LogP contribution < -0.4 is 20.1 Å². The number of amides is 1. The number of carbonyl (C=O) groups is 1. The zero-order chi connectivity index (χ0) is 34.0. The van der Waals surface area contributed by atoms with Crippen molar-refractivity contribution in [2.45, 2.75) is 37.9 Å². The van der Waals surface area contributed by atoms with Crippen LogP contribution in [0.5, 0.6) is 11.8 Å². The second kappa shape index (κ2) is 14.2. The van der Waals surface area contributed by atoms with Gasteiger partial charge in [0, 0.05) is 72.2 Å². The van der Waals surface area contributed by atoms with Gasteiger partial charge < -0.3 is 20.1 Å². The third kappa shape index (κ3) is 6.87. The summed E-state index contributed by atoms with van der Waals surface area (Å²) in [4.78, 5) is 23.7. The second-order valence-corrected chi connectivity index (χ2v) is 13.3. The van der Waals surface area contributed by atoms with Crippen LogP contribution in [0.4, 0.5) is 0 Å². The van der Waals surface area contributed by atoms with Gasteiger partial charge in [-0.2, -0.15) is 5.10 Å². The monoisotopic (exact) mass is 697 g/mol. The Hall–Kier alpha value is -4.48. The SMILES string of the molecule is COc1nc(-c2cccc(-c3cccc(-c4ccc(CN5CC6(CCC(=O)N6)C5)c(OC)n4)c3Cl)c2Cl)ccc1CNCCc1cn[nH]c1. The fourth-order valence-electron chi connectivity index (χ4n) is 6.77. The molecule has 2 aliphatic heterocycles. The molecule has 2 saturated heterocycles. The summed E-state index contributed by atoms with van der Waals surface area (Å²) >= 11 is 14.2. The van der Waals surface area contributed by atoms with E-state index in [1.54, 1.807) is 14.2 Å². The number of hydrogen-bond donors (Lipinski definition) is 3. The number of aromatic nitrogens is 4. The van der Waals surface area contributed by atoms with Gasteiger partial charge in [-0.1, -0.05) is 71.7 Å². The number of methoxy groups -OCH3 is 2. The summed E-state index contributed by atoms with van der Waals surface area (Å²) in [5.41, 5.74) is 7.51. The third-order valence-electron chi connectivity index (χ3n) is 9.25. The quantitative estimate of drug-likeness (QED) is 0.130. The molecule has 1 spiro atoms. The maximum atomic E-state index is 11.7. The van der Waals surface area contributed by atoms with Crippen molar-refractivity contribution in [3.8, 4) is 45.4 Å². The maximum absolute atomic E-state index is 11.7. The topological polar surface area (TPSA) is 117 Å². The van der Waals surface area contributed by atoms with E-state index < -0.39 is 0 Å². The molecule has 3 N–H and O–H groups in total. The number of nitrogens with zero attached hydrogens (tertiary/aromatic N) is 4. The van der Waals surface area contributed by atoms with Crippen molar-refractivity contribution < 1.29 is 14.3 Å². The molecule has 3 aromatic heterocycles. The molecule has 0 bridgehead atoms. The number of carbonyl (C=O) groups excluding carboxylic acids is 1. The van der Waals surface area contributed by atoms with Gasteiger partial charge >= 0.3 is 0 Å². The Morgan fingerprint density at radius 1 is 0.857 bits per heavy atom. The Bertz CT molecular complexity index is 1980. The van der Waals surface area contributed by atoms with Crippen molar-refractivity contribution >= 4 is 29.1 Å². The Morgan fingerprint density at radius 2 is 1.47 bits per heavy atom. The molecule has 0 atom stereocenters. The second-order valence-electron chi connectivity index (χ2n) is 12.6. The van der Waals surface area contributed by atoms with E-state index >= 15 is 0 Å². The van der Waals surface area contributed by atoms with Gasteiger partial charge in [-0.3, -0.25) is 14.8 Å². The molecule has 10 nitrogen and oxygen atoms in total. The van der Waals surface area contributed by atoms with E-state index in [0.717, 1.165) is 71.4 Å². The van der Waals surface area contributed by atoms with Crippen molar-refractivity contribution in [2.24, 2.45) is 0 Å². The number of pyridine rings is 2. The van der Waals surface area contributed by atoms with Gasteiger partial charge in [0.15, 0.2) is 0 Å². The van der Waals surface area contributed by atoms with Crippen LogP contribution in [-0.2, 0) is 24.3 Å². The lowest BCUT2D eigenvalue weighted by Crippen LogP contribution is -2.66. The van der Waals surface area contributed by atoms with E-state index in [9.17, 15) is 4.79 Å². The first-order valence-electron chi connectivity index (χ1n) is 16.2. The molecule has 49 heavy (non-hydrogen) atoms. The number of ether oxygens (including phenoxy) is 2. The van der Waals surface area contributed by atoms with Crippen LogP contribution in [0.3, 0.4) is 0 Å². The minimum Gasteiger partial charge on any atom is -0.481 e. The van der Waals surface area contributed by atoms with Crippen LogP contribution >= 0.6 is 23.2 Å². The van der Waals surface area contributed by atoms with E-state index in [-0.39, 0.29) is 11.4 Å². The molecule has 1 amide bonds. The van der Waals surface area contributed by atoms with E-state index in [4.69, 9.17) is 42.6 Å². The zero-order valence-corrected chi connectivity index (χ0v) is 28.9. The molecule has 0 unspecified atom stereocenters. The molecule has 2 aromatic carbocycles. The number of nitrogens with one attached hydrogen (secondary N) is 3. The highest BCUT2D eigenvalue weighted by Crippen LogP contribution is 2.42. The molecular formula is C37H37Cl2N7O3. The number of hydrogen-bond acceptors (Lipinski definition) is 8. The fourth-order valence-corrected chi connectivity index (χ4v) is 7.42. The predicted molar refractivity (Wildman–Crippen MR) is 191 cm³/mol. The molecule has 5 heterocycles. The molecule has 7 rings (SSSR count). The number of H-pyrrole nitrogens is 1. The highest BCUT2D eigenvalue weighted by molar-refractivity contribution is 6.39. The first-order valence-corrected chi connectivity index (χ1v) is 17.0. The van der Waals surface area contributed by atoms with E-state index in [0.29, 0.717) is 52.7 Å². The van der Waals surface area contributed by atoms with Gasteiger partial charge in [-0.05, 0) is 37.1 Å². The lowest BCUT2D eigenvalue weighted by molar-refractivity contribution is -0.120. The molecular weight excluding hydrogens is 661 g/mol. The molecule has 0 aliphatic carbocycles. The molecule has 12 heteroatoms. The number of benzene rings is 2. The Labute approximate surface area is 295 Å². The predicted octanol–water partition coefficient (Wildman–Crippen LogP) is 6.32. The van der Waals surface area contributed by atoms with Crippen LogP contribution in [0.2, 0.25) is 10.0 Å². The number of halogens is 2. The third-order valence-corrected chi connectivity index (χ3v) is 10.1. The molecule has 0 radical (unpaired) electrons. The van der Waals surface area contributed by atoms with Gasteiger partial charge in [-0.15, -0.1) is 0 Å². The summed E-state index contributed by atoms with van der Waals surface area (Å²) in [5.74, 6) is 1.23. The summed E-state index contributed by atoms with van der Waals surface area (Å²) < 4.78 is 11.4. The highest BCUT2D eigenvalue weighted by Gasteiger charge is 2.47. The van der Waals surface area contributed by atoms with Crippen molar-refractivity contribution in [2.75, 3.05) is 33.9 Å². The normalized spacial score (nSPS) is 15.3. The maximum Gasteiger partial charge on any atom is 0.220 e. The van der Waals surface area contributed by atoms with Crippen molar-refractivity contribution in [1.29, 1.82) is 0 Å². The van der Waals surface area contributed by atoms with Gasteiger partial charge in [0.25, 0.3) is 0 Å². The molecule has 252 valence electrons. The highest BCUT2D eigenvalue weighted by atomic mass is 35.5. The first-order chi connectivity index (χ1) is 23.9. The summed E-state index contributed by atoms with van der Waals surface area (Å²) in [7, 11) is 3.25. The average Bonchev–Trinajstić information content (AvgIpc) is 3.77. The molecule has 2 aliphatic rings. The van der Waals surface area contributed by atoms with Gasteiger partial charge in [0.05, 0.1) is 47.4 Å². The van der Waals surface area contributed by atoms with E-state index in [1.807, 2.05) is 73.1 Å². The van der Waals surface area contributed by atoms with Crippen molar-refractivity contribution in [3.05, 3.63) is 99.8 Å². The van der Waals surface area contributed by atoms with Gasteiger partial charge in [-0.25, -0.2) is 9.97 Å².